The van der Waals surface area contributed by atoms with Gasteiger partial charge in [0.2, 0.25) is 0 Å². The molecule has 0 saturated heterocycles. The number of carbonyl (C=O) groups is 1. The van der Waals surface area contributed by atoms with Gasteiger partial charge in [0.05, 0.1) is 6.04 Å². The molecular formula is C14H16N4O. The number of aryl methyl sites for hydroxylation is 1. The van der Waals surface area contributed by atoms with E-state index in [2.05, 4.69) is 20.8 Å². The summed E-state index contributed by atoms with van der Waals surface area (Å²) in [5.41, 5.74) is 2.24. The first-order chi connectivity index (χ1) is 9.16. The van der Waals surface area contributed by atoms with Crippen LogP contribution in [0.4, 0.5) is 10.6 Å². The molecule has 0 fully saturated rings. The maximum Gasteiger partial charge on any atom is 0.320 e. The van der Waals surface area contributed by atoms with Gasteiger partial charge >= 0.3 is 6.03 Å². The van der Waals surface area contributed by atoms with Crippen molar-refractivity contribution >= 4 is 11.8 Å². The summed E-state index contributed by atoms with van der Waals surface area (Å²) < 4.78 is 0. The predicted octanol–water partition coefficient (Wildman–Crippen LogP) is 2.67. The highest BCUT2D eigenvalue weighted by atomic mass is 16.2. The standard InChI is InChI=1S/C14H16N4O/c1-10-6-3-4-7-12(10)11(2)16-14(19)17-13-8-5-9-15-18-13/h3-9,11H,1-2H3,(H2,16,17,18,19). The molecule has 1 atom stereocenters. The maximum atomic E-state index is 11.8. The van der Waals surface area contributed by atoms with E-state index in [0.717, 1.165) is 11.1 Å². The van der Waals surface area contributed by atoms with Gasteiger partial charge < -0.3 is 5.32 Å². The zero-order chi connectivity index (χ0) is 13.7. The molecule has 0 saturated carbocycles. The molecule has 0 aliphatic rings. The third-order valence-corrected chi connectivity index (χ3v) is 2.82. The van der Waals surface area contributed by atoms with Crippen LogP contribution in [0.5, 0.6) is 0 Å². The summed E-state index contributed by atoms with van der Waals surface area (Å²) in [4.78, 5) is 11.8. The molecule has 2 amide bonds. The summed E-state index contributed by atoms with van der Waals surface area (Å²) in [6, 6.07) is 11.0. The van der Waals surface area contributed by atoms with E-state index in [1.165, 1.54) is 0 Å². The number of carbonyl (C=O) groups excluding carboxylic acids is 1. The number of aromatic nitrogens is 2. The molecule has 0 bridgehead atoms. The first-order valence-corrected chi connectivity index (χ1v) is 6.07. The van der Waals surface area contributed by atoms with Crippen LogP contribution in [0, 0.1) is 6.92 Å². The highest BCUT2D eigenvalue weighted by Gasteiger charge is 2.11. The smallest absolute Gasteiger partial charge is 0.320 e. The van der Waals surface area contributed by atoms with Crippen LogP contribution in [0.1, 0.15) is 24.1 Å². The Bertz CT molecular complexity index is 556. The largest absolute Gasteiger partial charge is 0.331 e. The van der Waals surface area contributed by atoms with Gasteiger partial charge in [0.25, 0.3) is 0 Å². The Morgan fingerprint density at radius 2 is 2.00 bits per heavy atom. The van der Waals surface area contributed by atoms with Crippen LogP contribution in [0.2, 0.25) is 0 Å². The average molecular weight is 256 g/mol. The molecule has 1 aromatic heterocycles. The molecule has 5 heteroatoms. The normalized spacial score (nSPS) is 11.7. The average Bonchev–Trinajstić information content (AvgIpc) is 2.40. The van der Waals surface area contributed by atoms with Gasteiger partial charge in [-0.3, -0.25) is 5.32 Å². The van der Waals surface area contributed by atoms with Crippen LogP contribution >= 0.6 is 0 Å². The number of hydrogen-bond acceptors (Lipinski definition) is 3. The quantitative estimate of drug-likeness (QED) is 0.887. The molecule has 0 spiro atoms. The van der Waals surface area contributed by atoms with Crippen molar-refractivity contribution in [3.63, 3.8) is 0 Å². The molecule has 5 nitrogen and oxygen atoms in total. The third-order valence-electron chi connectivity index (χ3n) is 2.82. The molecule has 1 aromatic carbocycles. The van der Waals surface area contributed by atoms with Crippen molar-refractivity contribution in [3.05, 3.63) is 53.7 Å². The molecule has 2 rings (SSSR count). The van der Waals surface area contributed by atoms with Crippen molar-refractivity contribution in [1.29, 1.82) is 0 Å². The Morgan fingerprint density at radius 3 is 2.68 bits per heavy atom. The highest BCUT2D eigenvalue weighted by molar-refractivity contribution is 5.88. The van der Waals surface area contributed by atoms with Gasteiger partial charge in [-0.2, -0.15) is 5.10 Å². The van der Waals surface area contributed by atoms with Crippen LogP contribution in [-0.4, -0.2) is 16.2 Å². The Kier molecular flexibility index (Phi) is 4.07. The molecule has 2 aromatic rings. The molecule has 2 N–H and O–H groups in total. The molecule has 1 heterocycles. The molecule has 98 valence electrons. The van der Waals surface area contributed by atoms with Gasteiger partial charge in [-0.15, -0.1) is 5.10 Å². The lowest BCUT2D eigenvalue weighted by atomic mass is 10.0. The highest BCUT2D eigenvalue weighted by Crippen LogP contribution is 2.16. The van der Waals surface area contributed by atoms with Gasteiger partial charge in [-0.25, -0.2) is 4.79 Å². The predicted molar refractivity (Wildman–Crippen MR) is 73.8 cm³/mol. The number of hydrogen-bond donors (Lipinski definition) is 2. The van der Waals surface area contributed by atoms with Crippen LogP contribution in [-0.2, 0) is 0 Å². The SMILES string of the molecule is Cc1ccccc1C(C)NC(=O)Nc1cccnn1. The van der Waals surface area contributed by atoms with E-state index in [1.54, 1.807) is 18.3 Å². The molecule has 0 aliphatic carbocycles. The van der Waals surface area contributed by atoms with Crippen LogP contribution in [0.3, 0.4) is 0 Å². The van der Waals surface area contributed by atoms with Crippen molar-refractivity contribution in [2.45, 2.75) is 19.9 Å². The van der Waals surface area contributed by atoms with Crippen LogP contribution in [0.25, 0.3) is 0 Å². The number of amides is 2. The fraction of sp³-hybridized carbons (Fsp3) is 0.214. The third kappa shape index (κ3) is 3.51. The number of urea groups is 1. The Morgan fingerprint density at radius 1 is 1.21 bits per heavy atom. The fourth-order valence-electron chi connectivity index (χ4n) is 1.87. The van der Waals surface area contributed by atoms with Gasteiger partial charge in [0.15, 0.2) is 5.82 Å². The summed E-state index contributed by atoms with van der Waals surface area (Å²) in [5.74, 6) is 0.428. The number of nitrogens with zero attached hydrogens (tertiary/aromatic N) is 2. The second kappa shape index (κ2) is 5.95. The lowest BCUT2D eigenvalue weighted by Crippen LogP contribution is -2.31. The van der Waals surface area contributed by atoms with Gasteiger partial charge in [-0.1, -0.05) is 24.3 Å². The van der Waals surface area contributed by atoms with E-state index in [4.69, 9.17) is 0 Å². The summed E-state index contributed by atoms with van der Waals surface area (Å²) >= 11 is 0. The van der Waals surface area contributed by atoms with Crippen molar-refractivity contribution in [2.24, 2.45) is 0 Å². The van der Waals surface area contributed by atoms with E-state index >= 15 is 0 Å². The zero-order valence-electron chi connectivity index (χ0n) is 10.9. The molecule has 19 heavy (non-hydrogen) atoms. The van der Waals surface area contributed by atoms with Gasteiger partial charge in [0.1, 0.15) is 0 Å². The number of nitrogens with one attached hydrogen (secondary N) is 2. The maximum absolute atomic E-state index is 11.8. The van der Waals surface area contributed by atoms with E-state index in [0.29, 0.717) is 5.82 Å². The molecule has 0 radical (unpaired) electrons. The van der Waals surface area contributed by atoms with Crippen molar-refractivity contribution in [2.75, 3.05) is 5.32 Å². The Hall–Kier alpha value is -2.43. The first kappa shape index (κ1) is 13.0. The van der Waals surface area contributed by atoms with E-state index < -0.39 is 0 Å². The summed E-state index contributed by atoms with van der Waals surface area (Å²) in [6.45, 7) is 3.96. The second-order valence-electron chi connectivity index (χ2n) is 4.29. The van der Waals surface area contributed by atoms with E-state index in [9.17, 15) is 4.79 Å². The summed E-state index contributed by atoms with van der Waals surface area (Å²) in [5, 5.41) is 13.0. The number of anilines is 1. The van der Waals surface area contributed by atoms with Crippen molar-refractivity contribution in [3.8, 4) is 0 Å². The van der Waals surface area contributed by atoms with E-state index in [1.807, 2.05) is 38.1 Å². The Labute approximate surface area is 112 Å². The van der Waals surface area contributed by atoms with Crippen molar-refractivity contribution < 1.29 is 4.79 Å². The topological polar surface area (TPSA) is 66.9 Å². The molecular weight excluding hydrogens is 240 g/mol. The van der Waals surface area contributed by atoms with Gasteiger partial charge in [-0.05, 0) is 37.1 Å². The fourth-order valence-corrected chi connectivity index (χ4v) is 1.87. The first-order valence-electron chi connectivity index (χ1n) is 6.07. The minimum Gasteiger partial charge on any atom is -0.331 e. The lowest BCUT2D eigenvalue weighted by Gasteiger charge is -2.16. The minimum absolute atomic E-state index is 0.0714. The second-order valence-corrected chi connectivity index (χ2v) is 4.29. The van der Waals surface area contributed by atoms with Crippen LogP contribution in [0.15, 0.2) is 42.6 Å². The zero-order valence-corrected chi connectivity index (χ0v) is 10.9. The van der Waals surface area contributed by atoms with Crippen molar-refractivity contribution in [1.82, 2.24) is 15.5 Å². The lowest BCUT2D eigenvalue weighted by molar-refractivity contribution is 0.249. The molecule has 1 unspecified atom stereocenters. The molecule has 0 aliphatic heterocycles. The van der Waals surface area contributed by atoms with E-state index in [-0.39, 0.29) is 12.1 Å². The Balaban J connectivity index is 1.98. The number of benzene rings is 1. The summed E-state index contributed by atoms with van der Waals surface area (Å²) in [6.07, 6.45) is 1.55. The minimum atomic E-state index is -0.295. The summed E-state index contributed by atoms with van der Waals surface area (Å²) in [7, 11) is 0. The number of rotatable bonds is 3. The van der Waals surface area contributed by atoms with Crippen LogP contribution < -0.4 is 10.6 Å². The van der Waals surface area contributed by atoms with Gasteiger partial charge in [0, 0.05) is 6.20 Å². The monoisotopic (exact) mass is 256 g/mol.